The van der Waals surface area contributed by atoms with Gasteiger partial charge in [0, 0.05) is 17.2 Å². The van der Waals surface area contributed by atoms with Crippen LogP contribution in [-0.4, -0.2) is 33.0 Å². The van der Waals surface area contributed by atoms with Gasteiger partial charge in [0.2, 0.25) is 4.96 Å². The molecule has 30 heavy (non-hydrogen) atoms. The summed E-state index contributed by atoms with van der Waals surface area (Å²) in [6.07, 6.45) is 4.92. The molecule has 0 N–H and O–H groups in total. The summed E-state index contributed by atoms with van der Waals surface area (Å²) in [5, 5.41) is 14.1. The van der Waals surface area contributed by atoms with Crippen LogP contribution in [-0.2, 0) is 6.42 Å². The average Bonchev–Trinajstić information content (AvgIpc) is 3.34. The third-order valence-electron chi connectivity index (χ3n) is 4.62. The topological polar surface area (TPSA) is 61.5 Å². The van der Waals surface area contributed by atoms with Crippen LogP contribution in [0.1, 0.15) is 36.9 Å². The number of hydrogen-bond acceptors (Lipinski definition) is 6. The first-order valence-corrected chi connectivity index (χ1v) is 10.9. The lowest BCUT2D eigenvalue weighted by molar-refractivity contribution is 0.320. The van der Waals surface area contributed by atoms with Crippen molar-refractivity contribution in [3.05, 3.63) is 58.6 Å². The van der Waals surface area contributed by atoms with Crippen LogP contribution >= 0.6 is 11.3 Å². The number of aryl methyl sites for hydroxylation is 1. The van der Waals surface area contributed by atoms with Crippen molar-refractivity contribution in [2.24, 2.45) is 0 Å². The second-order valence-electron chi connectivity index (χ2n) is 6.57. The smallest absolute Gasteiger partial charge is 0.235 e. The molecule has 4 rings (SSSR count). The Balaban J connectivity index is 1.68. The van der Waals surface area contributed by atoms with E-state index in [9.17, 15) is 0 Å². The van der Waals surface area contributed by atoms with E-state index in [1.54, 1.807) is 4.52 Å². The van der Waals surface area contributed by atoms with E-state index >= 15 is 0 Å². The number of ether oxygens (including phenoxy) is 2. The first-order chi connectivity index (χ1) is 14.7. The molecule has 2 aromatic heterocycles. The largest absolute Gasteiger partial charge is 0.493 e. The van der Waals surface area contributed by atoms with Gasteiger partial charge in [0.15, 0.2) is 5.82 Å². The molecule has 6 nitrogen and oxygen atoms in total. The van der Waals surface area contributed by atoms with Crippen LogP contribution in [0, 0.1) is 0 Å². The van der Waals surface area contributed by atoms with Crippen LogP contribution in [0.5, 0.6) is 11.5 Å². The van der Waals surface area contributed by atoms with E-state index in [1.807, 2.05) is 62.4 Å². The predicted molar refractivity (Wildman–Crippen MR) is 121 cm³/mol. The zero-order valence-corrected chi connectivity index (χ0v) is 18.1. The molecule has 0 saturated heterocycles. The van der Waals surface area contributed by atoms with E-state index in [2.05, 4.69) is 28.3 Å². The van der Waals surface area contributed by atoms with Crippen molar-refractivity contribution in [1.29, 1.82) is 0 Å². The quantitative estimate of drug-likeness (QED) is 0.383. The number of hydrogen-bond donors (Lipinski definition) is 0. The van der Waals surface area contributed by atoms with E-state index in [0.29, 0.717) is 13.2 Å². The van der Waals surface area contributed by atoms with Gasteiger partial charge >= 0.3 is 0 Å². The van der Waals surface area contributed by atoms with Gasteiger partial charge in [0.1, 0.15) is 16.5 Å². The van der Waals surface area contributed by atoms with E-state index < -0.39 is 0 Å². The Labute approximate surface area is 179 Å². The van der Waals surface area contributed by atoms with Gasteiger partial charge in [-0.3, -0.25) is 0 Å². The molecular weight excluding hydrogens is 396 g/mol. The molecule has 0 radical (unpaired) electrons. The second kappa shape index (κ2) is 9.09. The van der Waals surface area contributed by atoms with E-state index in [4.69, 9.17) is 9.47 Å². The summed E-state index contributed by atoms with van der Waals surface area (Å²) < 4.78 is 13.4. The number of aromatic nitrogens is 4. The van der Waals surface area contributed by atoms with Crippen molar-refractivity contribution in [2.75, 3.05) is 13.2 Å². The Hall–Kier alpha value is -3.19. The summed E-state index contributed by atoms with van der Waals surface area (Å²) in [4.78, 5) is 0.763. The number of benzene rings is 2. The fourth-order valence-corrected chi connectivity index (χ4v) is 3.97. The highest BCUT2D eigenvalue weighted by atomic mass is 32.1. The van der Waals surface area contributed by atoms with Crippen LogP contribution < -0.4 is 9.47 Å². The van der Waals surface area contributed by atoms with Crippen molar-refractivity contribution < 1.29 is 9.47 Å². The van der Waals surface area contributed by atoms with Gasteiger partial charge < -0.3 is 9.47 Å². The first-order valence-electron chi connectivity index (χ1n) is 10.1. The number of nitrogens with zero attached hydrogens (tertiary/aromatic N) is 4. The molecular formula is C23H24N4O2S. The van der Waals surface area contributed by atoms with Crippen molar-refractivity contribution >= 4 is 28.4 Å². The predicted octanol–water partition coefficient (Wildman–Crippen LogP) is 5.38. The van der Waals surface area contributed by atoms with Crippen molar-refractivity contribution in [1.82, 2.24) is 19.8 Å². The molecule has 0 fully saturated rings. The maximum atomic E-state index is 5.86. The summed E-state index contributed by atoms with van der Waals surface area (Å²) >= 11 is 1.50. The van der Waals surface area contributed by atoms with Gasteiger partial charge in [0.25, 0.3) is 0 Å². The molecule has 7 heteroatoms. The first kappa shape index (κ1) is 20.1. The molecule has 0 saturated carbocycles. The summed E-state index contributed by atoms with van der Waals surface area (Å²) in [6, 6.07) is 14.1. The van der Waals surface area contributed by atoms with Crippen LogP contribution in [0.25, 0.3) is 28.5 Å². The number of rotatable bonds is 8. The van der Waals surface area contributed by atoms with E-state index in [1.165, 1.54) is 11.3 Å². The molecule has 4 aromatic rings. The Bertz CT molecular complexity index is 1160. The molecule has 0 aliphatic heterocycles. The fraction of sp³-hybridized carbons (Fsp3) is 0.261. The van der Waals surface area contributed by atoms with Gasteiger partial charge in [-0.05, 0) is 44.1 Å². The Morgan fingerprint density at radius 1 is 0.933 bits per heavy atom. The standard InChI is InChI=1S/C23H24N4O2S/c1-4-16-14-18(20(29-6-3)15-19(16)28-5-2)12-13-21-26-27-22(24-25-23(27)30-21)17-10-8-7-9-11-17/h7-15H,4-6H2,1-3H3/b13-12+. The molecule has 2 heterocycles. The third kappa shape index (κ3) is 4.07. The van der Waals surface area contributed by atoms with Gasteiger partial charge in [0.05, 0.1) is 13.2 Å². The minimum Gasteiger partial charge on any atom is -0.493 e. The molecule has 0 unspecified atom stereocenters. The van der Waals surface area contributed by atoms with Crippen LogP contribution in [0.3, 0.4) is 0 Å². The van der Waals surface area contributed by atoms with E-state index in [0.717, 1.165) is 50.4 Å². The van der Waals surface area contributed by atoms with E-state index in [-0.39, 0.29) is 0 Å². The Morgan fingerprint density at radius 3 is 2.43 bits per heavy atom. The van der Waals surface area contributed by atoms with Crippen LogP contribution in [0.2, 0.25) is 0 Å². The summed E-state index contributed by atoms with van der Waals surface area (Å²) in [6.45, 7) is 7.32. The molecule has 0 atom stereocenters. The van der Waals surface area contributed by atoms with Crippen LogP contribution in [0.15, 0.2) is 42.5 Å². The lowest BCUT2D eigenvalue weighted by atomic mass is 10.1. The Morgan fingerprint density at radius 2 is 1.70 bits per heavy atom. The van der Waals surface area contributed by atoms with Gasteiger partial charge in [-0.25, -0.2) is 0 Å². The molecule has 0 amide bonds. The minimum atomic E-state index is 0.592. The molecule has 0 bridgehead atoms. The van der Waals surface area contributed by atoms with Crippen LogP contribution in [0.4, 0.5) is 0 Å². The van der Waals surface area contributed by atoms with Gasteiger partial charge in [-0.1, -0.05) is 48.6 Å². The van der Waals surface area contributed by atoms with Crippen molar-refractivity contribution in [3.8, 4) is 22.9 Å². The minimum absolute atomic E-state index is 0.592. The fourth-order valence-electron chi connectivity index (χ4n) is 3.23. The maximum Gasteiger partial charge on any atom is 0.235 e. The zero-order chi connectivity index (χ0) is 20.9. The lowest BCUT2D eigenvalue weighted by Crippen LogP contribution is -2.00. The van der Waals surface area contributed by atoms with Crippen molar-refractivity contribution in [2.45, 2.75) is 27.2 Å². The summed E-state index contributed by atoms with van der Waals surface area (Å²) in [5.41, 5.74) is 3.15. The monoisotopic (exact) mass is 420 g/mol. The van der Waals surface area contributed by atoms with Gasteiger partial charge in [-0.2, -0.15) is 9.61 Å². The third-order valence-corrected chi connectivity index (χ3v) is 5.48. The Kier molecular flexibility index (Phi) is 6.09. The summed E-state index contributed by atoms with van der Waals surface area (Å²) in [5.74, 6) is 2.43. The van der Waals surface area contributed by atoms with Crippen molar-refractivity contribution in [3.63, 3.8) is 0 Å². The average molecular weight is 421 g/mol. The van der Waals surface area contributed by atoms with Gasteiger partial charge in [-0.15, -0.1) is 10.2 Å². The molecule has 0 aliphatic carbocycles. The molecule has 0 aliphatic rings. The molecule has 154 valence electrons. The maximum absolute atomic E-state index is 5.86. The second-order valence-corrected chi connectivity index (χ2v) is 7.56. The highest BCUT2D eigenvalue weighted by Crippen LogP contribution is 2.32. The highest BCUT2D eigenvalue weighted by Gasteiger charge is 2.13. The molecule has 2 aromatic carbocycles. The normalized spacial score (nSPS) is 11.4. The molecule has 0 spiro atoms. The number of fused-ring (bicyclic) bond motifs is 1. The SMILES string of the molecule is CCOc1cc(OCC)c(CC)cc1/C=C/c1nn2c(-c3ccccc3)nnc2s1. The summed E-state index contributed by atoms with van der Waals surface area (Å²) in [7, 11) is 0. The zero-order valence-electron chi connectivity index (χ0n) is 17.3. The lowest BCUT2D eigenvalue weighted by Gasteiger charge is -2.14. The highest BCUT2D eigenvalue weighted by molar-refractivity contribution is 7.17.